The second kappa shape index (κ2) is 3.27. The summed E-state index contributed by atoms with van der Waals surface area (Å²) in [5.74, 6) is -0.193. The van der Waals surface area contributed by atoms with Gasteiger partial charge in [-0.2, -0.15) is 0 Å². The molecule has 0 aromatic heterocycles. The van der Waals surface area contributed by atoms with Crippen LogP contribution in [0.3, 0.4) is 0 Å². The summed E-state index contributed by atoms with van der Waals surface area (Å²) in [4.78, 5) is 11.3. The molecule has 4 atom stereocenters. The first kappa shape index (κ1) is 8.97. The van der Waals surface area contributed by atoms with Crippen molar-refractivity contribution in [1.82, 2.24) is 5.32 Å². The van der Waals surface area contributed by atoms with Crippen LogP contribution < -0.4 is 5.32 Å². The van der Waals surface area contributed by atoms with Crippen molar-refractivity contribution in [3.8, 4) is 0 Å². The Morgan fingerprint density at radius 1 is 1.46 bits per heavy atom. The van der Waals surface area contributed by atoms with Crippen molar-refractivity contribution in [3.63, 3.8) is 0 Å². The molecule has 0 aromatic rings. The van der Waals surface area contributed by atoms with Gasteiger partial charge in [0.1, 0.15) is 0 Å². The Hall–Kier alpha value is -0.610. The molecule has 0 saturated carbocycles. The standard InChI is InChI=1S/C9H15NO3/c1-13-9(12)5-4-7-8(11)3-2-6(5)10-7/h5-8,10-11H,2-4H2,1H3. The van der Waals surface area contributed by atoms with Crippen LogP contribution in [0.5, 0.6) is 0 Å². The molecule has 74 valence electrons. The fourth-order valence-electron chi connectivity index (χ4n) is 2.41. The summed E-state index contributed by atoms with van der Waals surface area (Å²) in [7, 11) is 1.42. The van der Waals surface area contributed by atoms with E-state index in [0.29, 0.717) is 0 Å². The van der Waals surface area contributed by atoms with Crippen LogP contribution in [0.25, 0.3) is 0 Å². The topological polar surface area (TPSA) is 58.6 Å². The monoisotopic (exact) mass is 185 g/mol. The van der Waals surface area contributed by atoms with Gasteiger partial charge in [0.05, 0.1) is 19.1 Å². The van der Waals surface area contributed by atoms with Crippen LogP contribution in [0.2, 0.25) is 0 Å². The fraction of sp³-hybridized carbons (Fsp3) is 0.889. The first-order chi connectivity index (χ1) is 6.22. The van der Waals surface area contributed by atoms with Gasteiger partial charge < -0.3 is 15.2 Å². The first-order valence-electron chi connectivity index (χ1n) is 4.74. The molecule has 4 heteroatoms. The highest BCUT2D eigenvalue weighted by molar-refractivity contribution is 5.73. The molecule has 13 heavy (non-hydrogen) atoms. The normalized spacial score (nSPS) is 43.2. The molecule has 0 amide bonds. The quantitative estimate of drug-likeness (QED) is 0.549. The Kier molecular flexibility index (Phi) is 2.26. The van der Waals surface area contributed by atoms with Gasteiger partial charge >= 0.3 is 5.97 Å². The lowest BCUT2D eigenvalue weighted by molar-refractivity contribution is -0.145. The molecule has 0 radical (unpaired) electrons. The van der Waals surface area contributed by atoms with E-state index in [1.54, 1.807) is 0 Å². The molecule has 0 aliphatic carbocycles. The Bertz CT molecular complexity index is 219. The van der Waals surface area contributed by atoms with Crippen molar-refractivity contribution in [2.24, 2.45) is 5.92 Å². The highest BCUT2D eigenvalue weighted by atomic mass is 16.5. The lowest BCUT2D eigenvalue weighted by Crippen LogP contribution is -2.44. The van der Waals surface area contributed by atoms with E-state index in [4.69, 9.17) is 4.74 Å². The van der Waals surface area contributed by atoms with Crippen molar-refractivity contribution in [2.75, 3.05) is 7.11 Å². The molecular formula is C9H15NO3. The van der Waals surface area contributed by atoms with E-state index in [0.717, 1.165) is 19.3 Å². The summed E-state index contributed by atoms with van der Waals surface area (Å²) in [5, 5.41) is 12.8. The number of esters is 1. The van der Waals surface area contributed by atoms with E-state index in [-0.39, 0.29) is 30.1 Å². The van der Waals surface area contributed by atoms with Crippen LogP contribution in [0, 0.1) is 5.92 Å². The van der Waals surface area contributed by atoms with Gasteiger partial charge in [-0.1, -0.05) is 0 Å². The van der Waals surface area contributed by atoms with E-state index < -0.39 is 0 Å². The average molecular weight is 185 g/mol. The van der Waals surface area contributed by atoms with Crippen molar-refractivity contribution in [1.29, 1.82) is 0 Å². The summed E-state index contributed by atoms with van der Waals surface area (Å²) in [6.07, 6.45) is 2.11. The van der Waals surface area contributed by atoms with Gasteiger partial charge in [0.15, 0.2) is 0 Å². The summed E-state index contributed by atoms with van der Waals surface area (Å²) in [6, 6.07) is 0.323. The third kappa shape index (κ3) is 1.44. The van der Waals surface area contributed by atoms with Crippen LogP contribution in [-0.2, 0) is 9.53 Å². The molecule has 4 unspecified atom stereocenters. The minimum atomic E-state index is -0.286. The maximum Gasteiger partial charge on any atom is 0.310 e. The number of fused-ring (bicyclic) bond motifs is 2. The van der Waals surface area contributed by atoms with Crippen molar-refractivity contribution in [2.45, 2.75) is 37.5 Å². The summed E-state index contributed by atoms with van der Waals surface area (Å²) >= 11 is 0. The highest BCUT2D eigenvalue weighted by Gasteiger charge is 2.44. The number of hydrogen-bond acceptors (Lipinski definition) is 4. The number of piperidine rings is 1. The molecule has 2 heterocycles. The third-order valence-corrected chi connectivity index (χ3v) is 3.16. The number of nitrogens with one attached hydrogen (secondary N) is 1. The maximum absolute atomic E-state index is 11.3. The minimum Gasteiger partial charge on any atom is -0.469 e. The lowest BCUT2D eigenvalue weighted by Gasteiger charge is -2.26. The average Bonchev–Trinajstić information content (AvgIpc) is 2.50. The zero-order chi connectivity index (χ0) is 9.42. The first-order valence-corrected chi connectivity index (χ1v) is 4.74. The number of aliphatic hydroxyl groups is 1. The second-order valence-corrected chi connectivity index (χ2v) is 3.89. The molecule has 2 N–H and O–H groups in total. The minimum absolute atomic E-state index is 0.0489. The Morgan fingerprint density at radius 3 is 2.85 bits per heavy atom. The zero-order valence-corrected chi connectivity index (χ0v) is 7.69. The number of carbonyl (C=O) groups is 1. The fourth-order valence-corrected chi connectivity index (χ4v) is 2.41. The number of hydrogen-bond donors (Lipinski definition) is 2. The number of aliphatic hydroxyl groups excluding tert-OH is 1. The maximum atomic E-state index is 11.3. The third-order valence-electron chi connectivity index (χ3n) is 3.16. The van der Waals surface area contributed by atoms with Gasteiger partial charge in [-0.3, -0.25) is 4.79 Å². The molecule has 2 fully saturated rings. The predicted octanol–water partition coefficient (Wildman–Crippen LogP) is -0.339. The van der Waals surface area contributed by atoms with Crippen molar-refractivity contribution < 1.29 is 14.6 Å². The van der Waals surface area contributed by atoms with Crippen LogP contribution in [0.15, 0.2) is 0 Å². The molecule has 2 aliphatic rings. The van der Waals surface area contributed by atoms with Gasteiger partial charge in [-0.25, -0.2) is 0 Å². The Morgan fingerprint density at radius 2 is 2.23 bits per heavy atom. The molecule has 0 spiro atoms. The van der Waals surface area contributed by atoms with Gasteiger partial charge in [-0.05, 0) is 19.3 Å². The number of carbonyl (C=O) groups excluding carboxylic acids is 1. The predicted molar refractivity (Wildman–Crippen MR) is 46.1 cm³/mol. The van der Waals surface area contributed by atoms with E-state index in [2.05, 4.69) is 5.32 Å². The molecule has 2 aliphatic heterocycles. The lowest BCUT2D eigenvalue weighted by atomic mass is 9.99. The van der Waals surface area contributed by atoms with Gasteiger partial charge in [0.25, 0.3) is 0 Å². The Labute approximate surface area is 77.3 Å². The van der Waals surface area contributed by atoms with E-state index in [9.17, 15) is 9.90 Å². The van der Waals surface area contributed by atoms with Crippen molar-refractivity contribution in [3.05, 3.63) is 0 Å². The van der Waals surface area contributed by atoms with E-state index >= 15 is 0 Å². The smallest absolute Gasteiger partial charge is 0.310 e. The van der Waals surface area contributed by atoms with Crippen LogP contribution in [-0.4, -0.2) is 36.4 Å². The van der Waals surface area contributed by atoms with Gasteiger partial charge in [-0.15, -0.1) is 0 Å². The van der Waals surface area contributed by atoms with Crippen LogP contribution >= 0.6 is 0 Å². The van der Waals surface area contributed by atoms with Crippen LogP contribution in [0.4, 0.5) is 0 Å². The molecule has 4 nitrogen and oxygen atoms in total. The number of rotatable bonds is 1. The molecule has 0 aromatic carbocycles. The van der Waals surface area contributed by atoms with Crippen LogP contribution in [0.1, 0.15) is 19.3 Å². The van der Waals surface area contributed by atoms with E-state index in [1.165, 1.54) is 7.11 Å². The summed E-state index contributed by atoms with van der Waals surface area (Å²) in [6.45, 7) is 0. The van der Waals surface area contributed by atoms with Gasteiger partial charge in [0, 0.05) is 12.1 Å². The summed E-state index contributed by atoms with van der Waals surface area (Å²) in [5.41, 5.74) is 0. The van der Waals surface area contributed by atoms with Crippen molar-refractivity contribution >= 4 is 5.97 Å². The second-order valence-electron chi connectivity index (χ2n) is 3.89. The summed E-state index contributed by atoms with van der Waals surface area (Å²) < 4.78 is 4.72. The SMILES string of the molecule is COC(=O)C1CC2NC1CCC2O. The Balaban J connectivity index is 2.06. The number of ether oxygens (including phenoxy) is 1. The van der Waals surface area contributed by atoms with E-state index in [1.807, 2.05) is 0 Å². The zero-order valence-electron chi connectivity index (χ0n) is 7.69. The molecule has 2 saturated heterocycles. The molecule has 2 rings (SSSR count). The largest absolute Gasteiger partial charge is 0.469 e. The number of methoxy groups -OCH3 is 1. The molecule has 2 bridgehead atoms. The van der Waals surface area contributed by atoms with Gasteiger partial charge in [0.2, 0.25) is 0 Å². The highest BCUT2D eigenvalue weighted by Crippen LogP contribution is 2.32. The molecular weight excluding hydrogens is 170 g/mol.